The fourth-order valence-corrected chi connectivity index (χ4v) is 3.08. The van der Waals surface area contributed by atoms with Gasteiger partial charge in [-0.1, -0.05) is 13.3 Å². The first kappa shape index (κ1) is 15.8. The number of hydrogen-bond donors (Lipinski definition) is 1. The average molecular weight is 286 g/mol. The Balaban J connectivity index is 2.26. The minimum Gasteiger partial charge on any atom is -0.354 e. The third kappa shape index (κ3) is 3.95. The second kappa shape index (κ2) is 7.42. The molecule has 21 heavy (non-hydrogen) atoms. The largest absolute Gasteiger partial charge is 0.354 e. The zero-order chi connectivity index (χ0) is 15.2. The molecule has 4 nitrogen and oxygen atoms in total. The van der Waals surface area contributed by atoms with Gasteiger partial charge in [-0.25, -0.2) is 4.98 Å². The van der Waals surface area contributed by atoms with Crippen LogP contribution in [0.2, 0.25) is 0 Å². The zero-order valence-electron chi connectivity index (χ0n) is 13.4. The predicted molar refractivity (Wildman–Crippen MR) is 86.6 cm³/mol. The van der Waals surface area contributed by atoms with Gasteiger partial charge in [0.1, 0.15) is 11.9 Å². The smallest absolute Gasteiger partial charge is 0.147 e. The number of hydrogen-bond acceptors (Lipinski definition) is 4. The molecule has 0 aliphatic carbocycles. The Bertz CT molecular complexity index is 512. The van der Waals surface area contributed by atoms with E-state index in [1.165, 1.54) is 19.3 Å². The van der Waals surface area contributed by atoms with E-state index in [0.717, 1.165) is 48.7 Å². The van der Waals surface area contributed by atoms with Crippen LogP contribution in [0.5, 0.6) is 0 Å². The lowest BCUT2D eigenvalue weighted by Gasteiger charge is -2.32. The summed E-state index contributed by atoms with van der Waals surface area (Å²) >= 11 is 0. The van der Waals surface area contributed by atoms with Gasteiger partial charge in [0.15, 0.2) is 0 Å². The first-order chi connectivity index (χ1) is 10.2. The van der Waals surface area contributed by atoms with Crippen LogP contribution in [0.3, 0.4) is 0 Å². The molecule has 0 amide bonds. The molecule has 1 saturated heterocycles. The molecule has 0 saturated carbocycles. The van der Waals surface area contributed by atoms with E-state index in [9.17, 15) is 5.26 Å². The highest BCUT2D eigenvalue weighted by molar-refractivity contribution is 5.58. The lowest BCUT2D eigenvalue weighted by Crippen LogP contribution is -2.44. The summed E-state index contributed by atoms with van der Waals surface area (Å²) < 4.78 is 0. The van der Waals surface area contributed by atoms with Crippen LogP contribution in [0, 0.1) is 25.2 Å². The normalized spacial score (nSPS) is 18.3. The minimum absolute atomic E-state index is 0.513. The highest BCUT2D eigenvalue weighted by Crippen LogP contribution is 2.23. The fraction of sp³-hybridized carbons (Fsp3) is 0.647. The Morgan fingerprint density at radius 3 is 2.86 bits per heavy atom. The number of nitrogens with zero attached hydrogens (tertiary/aromatic N) is 3. The highest BCUT2D eigenvalue weighted by Gasteiger charge is 2.20. The van der Waals surface area contributed by atoms with Crippen LogP contribution in [-0.2, 0) is 0 Å². The van der Waals surface area contributed by atoms with Gasteiger partial charge in [-0.05, 0) is 51.3 Å². The molecule has 2 heterocycles. The van der Waals surface area contributed by atoms with Gasteiger partial charge in [0.25, 0.3) is 0 Å². The van der Waals surface area contributed by atoms with Gasteiger partial charge in [-0.2, -0.15) is 5.26 Å². The van der Waals surface area contributed by atoms with Crippen LogP contribution < -0.4 is 10.2 Å². The van der Waals surface area contributed by atoms with Gasteiger partial charge in [-0.15, -0.1) is 0 Å². The van der Waals surface area contributed by atoms with E-state index < -0.39 is 0 Å². The summed E-state index contributed by atoms with van der Waals surface area (Å²) in [4.78, 5) is 6.96. The summed E-state index contributed by atoms with van der Waals surface area (Å²) in [5.74, 6) is 0.865. The molecule has 4 heteroatoms. The molecule has 114 valence electrons. The van der Waals surface area contributed by atoms with Crippen molar-refractivity contribution >= 4 is 5.82 Å². The van der Waals surface area contributed by atoms with E-state index in [2.05, 4.69) is 28.2 Å². The number of pyridine rings is 1. The standard InChI is InChI=1S/C17H26N4/c1-4-9-21(12-15-7-5-6-8-19-15)17-16(11-18)13(2)10-14(3)20-17/h10,15,19H,4-9,12H2,1-3H3. The number of nitriles is 1. The molecule has 1 aromatic rings. The molecule has 1 fully saturated rings. The maximum atomic E-state index is 9.48. The summed E-state index contributed by atoms with van der Waals surface area (Å²) in [6.07, 6.45) is 4.84. The molecular weight excluding hydrogens is 260 g/mol. The molecule has 1 aliphatic rings. The van der Waals surface area contributed by atoms with Crippen LogP contribution in [0.1, 0.15) is 49.4 Å². The van der Waals surface area contributed by atoms with Crippen LogP contribution in [0.25, 0.3) is 0 Å². The SMILES string of the molecule is CCCN(CC1CCCCN1)c1nc(C)cc(C)c1C#N. The maximum Gasteiger partial charge on any atom is 0.147 e. The summed E-state index contributed by atoms with van der Waals surface area (Å²) in [6, 6.07) is 4.85. The Morgan fingerprint density at radius 2 is 2.24 bits per heavy atom. The molecule has 1 aromatic heterocycles. The van der Waals surface area contributed by atoms with Crippen molar-refractivity contribution < 1.29 is 0 Å². The van der Waals surface area contributed by atoms with E-state index >= 15 is 0 Å². The maximum absolute atomic E-state index is 9.48. The van der Waals surface area contributed by atoms with Crippen molar-refractivity contribution in [2.45, 2.75) is 52.5 Å². The molecule has 1 atom stereocenters. The monoisotopic (exact) mass is 286 g/mol. The lowest BCUT2D eigenvalue weighted by molar-refractivity contribution is 0.398. The molecule has 1 aliphatic heterocycles. The predicted octanol–water partition coefficient (Wildman–Crippen LogP) is 2.93. The highest BCUT2D eigenvalue weighted by atomic mass is 15.2. The molecule has 2 rings (SSSR count). The Kier molecular flexibility index (Phi) is 5.58. The summed E-state index contributed by atoms with van der Waals surface area (Å²) in [5.41, 5.74) is 2.74. The van der Waals surface area contributed by atoms with Crippen LogP contribution in [-0.4, -0.2) is 30.7 Å². The Hall–Kier alpha value is -1.60. The van der Waals surface area contributed by atoms with Crippen molar-refractivity contribution in [3.05, 3.63) is 22.9 Å². The Labute approximate surface area is 128 Å². The topological polar surface area (TPSA) is 52.0 Å². The van der Waals surface area contributed by atoms with Crippen molar-refractivity contribution in [1.29, 1.82) is 5.26 Å². The van der Waals surface area contributed by atoms with Crippen LogP contribution >= 0.6 is 0 Å². The number of piperidine rings is 1. The van der Waals surface area contributed by atoms with Crippen molar-refractivity contribution in [2.24, 2.45) is 0 Å². The van der Waals surface area contributed by atoms with Crippen molar-refractivity contribution in [3.63, 3.8) is 0 Å². The van der Waals surface area contributed by atoms with Gasteiger partial charge in [0.2, 0.25) is 0 Å². The van der Waals surface area contributed by atoms with E-state index in [1.807, 2.05) is 19.9 Å². The fourth-order valence-electron chi connectivity index (χ4n) is 3.08. The average Bonchev–Trinajstić information content (AvgIpc) is 2.47. The molecular formula is C17H26N4. The third-order valence-corrected chi connectivity index (χ3v) is 4.08. The third-order valence-electron chi connectivity index (χ3n) is 4.08. The molecule has 0 bridgehead atoms. The second-order valence-electron chi connectivity index (χ2n) is 5.98. The van der Waals surface area contributed by atoms with Crippen LogP contribution in [0.15, 0.2) is 6.07 Å². The number of nitrogens with one attached hydrogen (secondary N) is 1. The molecule has 0 aromatic carbocycles. The molecule has 1 N–H and O–H groups in total. The van der Waals surface area contributed by atoms with Crippen molar-refractivity contribution in [2.75, 3.05) is 24.5 Å². The van der Waals surface area contributed by atoms with Gasteiger partial charge in [0.05, 0.1) is 5.56 Å². The number of rotatable bonds is 5. The van der Waals surface area contributed by atoms with Gasteiger partial charge in [-0.3, -0.25) is 0 Å². The zero-order valence-corrected chi connectivity index (χ0v) is 13.4. The van der Waals surface area contributed by atoms with Crippen molar-refractivity contribution in [3.8, 4) is 6.07 Å². The summed E-state index contributed by atoms with van der Waals surface area (Å²) in [7, 11) is 0. The minimum atomic E-state index is 0.513. The van der Waals surface area contributed by atoms with Crippen molar-refractivity contribution in [1.82, 2.24) is 10.3 Å². The second-order valence-corrected chi connectivity index (χ2v) is 5.98. The van der Waals surface area contributed by atoms with Gasteiger partial charge in [0, 0.05) is 24.8 Å². The number of anilines is 1. The Morgan fingerprint density at radius 1 is 1.43 bits per heavy atom. The molecule has 0 radical (unpaired) electrons. The summed E-state index contributed by atoms with van der Waals surface area (Å²) in [6.45, 7) is 9.17. The number of aromatic nitrogens is 1. The first-order valence-electron chi connectivity index (χ1n) is 8.02. The van der Waals surface area contributed by atoms with Crippen LogP contribution in [0.4, 0.5) is 5.82 Å². The van der Waals surface area contributed by atoms with E-state index in [1.54, 1.807) is 0 Å². The molecule has 0 spiro atoms. The quantitative estimate of drug-likeness (QED) is 0.904. The van der Waals surface area contributed by atoms with Gasteiger partial charge >= 0.3 is 0 Å². The van der Waals surface area contributed by atoms with E-state index in [0.29, 0.717) is 6.04 Å². The van der Waals surface area contributed by atoms with E-state index in [-0.39, 0.29) is 0 Å². The van der Waals surface area contributed by atoms with Gasteiger partial charge < -0.3 is 10.2 Å². The lowest BCUT2D eigenvalue weighted by atomic mass is 10.0. The summed E-state index contributed by atoms with van der Waals surface area (Å²) in [5, 5.41) is 13.1. The van der Waals surface area contributed by atoms with E-state index in [4.69, 9.17) is 0 Å². The molecule has 1 unspecified atom stereocenters. The number of aryl methyl sites for hydroxylation is 2. The first-order valence-corrected chi connectivity index (χ1v) is 8.02.